The van der Waals surface area contributed by atoms with Crippen molar-refractivity contribution in [1.29, 1.82) is 0 Å². The highest BCUT2D eigenvalue weighted by Gasteiger charge is 2.28. The third-order valence-corrected chi connectivity index (χ3v) is 4.26. The average Bonchev–Trinajstić information content (AvgIpc) is 2.48. The lowest BCUT2D eigenvalue weighted by atomic mass is 9.96. The zero-order valence-electron chi connectivity index (χ0n) is 11.5. The molecule has 0 atom stereocenters. The van der Waals surface area contributed by atoms with Crippen molar-refractivity contribution >= 4 is 23.7 Å². The average molecular weight is 289 g/mol. The molecule has 1 aromatic carbocycles. The van der Waals surface area contributed by atoms with Gasteiger partial charge in [0.1, 0.15) is 0 Å². The molecule has 3 rings (SSSR count). The number of allylic oxidation sites excluding steroid dienone is 1. The van der Waals surface area contributed by atoms with Crippen molar-refractivity contribution in [2.75, 3.05) is 13.1 Å². The third kappa shape index (κ3) is 2.27. The van der Waals surface area contributed by atoms with Crippen LogP contribution in [0.2, 0.25) is 5.02 Å². The van der Waals surface area contributed by atoms with E-state index in [2.05, 4.69) is 11.9 Å². The maximum absolute atomic E-state index is 12.7. The van der Waals surface area contributed by atoms with Gasteiger partial charge in [0.25, 0.3) is 5.91 Å². The molecule has 2 heterocycles. The topological polar surface area (TPSA) is 32.7 Å². The number of amides is 1. The zero-order chi connectivity index (χ0) is 14.1. The Morgan fingerprint density at radius 1 is 1.40 bits per heavy atom. The number of rotatable bonds is 2. The number of benzene rings is 1. The minimum atomic E-state index is 0.0619. The number of fused-ring (bicyclic) bond motifs is 1. The van der Waals surface area contributed by atoms with Crippen molar-refractivity contribution in [2.24, 2.45) is 4.99 Å². The van der Waals surface area contributed by atoms with Crippen molar-refractivity contribution in [3.63, 3.8) is 0 Å². The molecule has 4 heteroatoms. The minimum absolute atomic E-state index is 0.0619. The SMILES string of the molecule is CCC1=C(N2CCc3ccc(Cl)cc3C2=O)CN=CC1. The van der Waals surface area contributed by atoms with E-state index in [1.165, 1.54) is 5.57 Å². The first-order valence-corrected chi connectivity index (χ1v) is 7.38. The second-order valence-corrected chi connectivity index (χ2v) is 5.58. The van der Waals surface area contributed by atoms with Gasteiger partial charge in [-0.25, -0.2) is 0 Å². The van der Waals surface area contributed by atoms with E-state index in [0.29, 0.717) is 11.6 Å². The summed E-state index contributed by atoms with van der Waals surface area (Å²) in [6, 6.07) is 5.59. The van der Waals surface area contributed by atoms with Crippen LogP contribution in [0.25, 0.3) is 0 Å². The van der Waals surface area contributed by atoms with Gasteiger partial charge in [0.05, 0.1) is 6.54 Å². The van der Waals surface area contributed by atoms with Crippen molar-refractivity contribution in [2.45, 2.75) is 26.2 Å². The summed E-state index contributed by atoms with van der Waals surface area (Å²) in [6.45, 7) is 3.49. The largest absolute Gasteiger partial charge is 0.310 e. The van der Waals surface area contributed by atoms with E-state index in [1.54, 1.807) is 6.07 Å². The molecular formula is C16H17ClN2O. The predicted octanol–water partition coefficient (Wildman–Crippen LogP) is 3.48. The summed E-state index contributed by atoms with van der Waals surface area (Å²) in [7, 11) is 0. The molecule has 0 saturated carbocycles. The minimum Gasteiger partial charge on any atom is -0.310 e. The van der Waals surface area contributed by atoms with E-state index >= 15 is 0 Å². The van der Waals surface area contributed by atoms with Crippen LogP contribution in [0.5, 0.6) is 0 Å². The molecule has 0 N–H and O–H groups in total. The third-order valence-electron chi connectivity index (χ3n) is 4.02. The lowest BCUT2D eigenvalue weighted by Gasteiger charge is -2.32. The van der Waals surface area contributed by atoms with Crippen molar-refractivity contribution in [3.8, 4) is 0 Å². The molecule has 0 spiro atoms. The van der Waals surface area contributed by atoms with Crippen LogP contribution in [-0.2, 0) is 6.42 Å². The van der Waals surface area contributed by atoms with E-state index in [4.69, 9.17) is 11.6 Å². The highest BCUT2D eigenvalue weighted by atomic mass is 35.5. The molecule has 1 amide bonds. The first kappa shape index (κ1) is 13.4. The fourth-order valence-electron chi connectivity index (χ4n) is 2.88. The molecule has 2 aliphatic rings. The molecule has 0 bridgehead atoms. The molecule has 0 saturated heterocycles. The first-order valence-electron chi connectivity index (χ1n) is 7.00. The Hall–Kier alpha value is -1.61. The highest BCUT2D eigenvalue weighted by molar-refractivity contribution is 6.31. The summed E-state index contributed by atoms with van der Waals surface area (Å²) in [5.74, 6) is 0.0619. The fraction of sp³-hybridized carbons (Fsp3) is 0.375. The molecule has 0 radical (unpaired) electrons. The molecule has 0 fully saturated rings. The first-order chi connectivity index (χ1) is 9.70. The molecule has 0 aliphatic carbocycles. The lowest BCUT2D eigenvalue weighted by Crippen LogP contribution is -2.39. The van der Waals surface area contributed by atoms with E-state index in [9.17, 15) is 4.79 Å². The number of halogens is 1. The number of hydrogen-bond acceptors (Lipinski definition) is 2. The molecule has 20 heavy (non-hydrogen) atoms. The van der Waals surface area contributed by atoms with Crippen LogP contribution >= 0.6 is 11.6 Å². The Labute approximate surface area is 123 Å². The second-order valence-electron chi connectivity index (χ2n) is 5.14. The van der Waals surface area contributed by atoms with Gasteiger partial charge in [-0.05, 0) is 36.1 Å². The Morgan fingerprint density at radius 2 is 2.25 bits per heavy atom. The van der Waals surface area contributed by atoms with Crippen molar-refractivity contribution in [1.82, 2.24) is 4.90 Å². The number of aliphatic imine (C=N–C) groups is 1. The normalized spacial score (nSPS) is 18.5. The summed E-state index contributed by atoms with van der Waals surface area (Å²) < 4.78 is 0. The highest BCUT2D eigenvalue weighted by Crippen LogP contribution is 2.28. The van der Waals surface area contributed by atoms with Crippen LogP contribution in [0.15, 0.2) is 34.5 Å². The Balaban J connectivity index is 1.98. The number of nitrogens with zero attached hydrogens (tertiary/aromatic N) is 2. The molecule has 104 valence electrons. The van der Waals surface area contributed by atoms with Crippen LogP contribution < -0.4 is 0 Å². The zero-order valence-corrected chi connectivity index (χ0v) is 12.3. The van der Waals surface area contributed by atoms with Gasteiger partial charge in [0.2, 0.25) is 0 Å². The second kappa shape index (κ2) is 5.41. The number of dihydropyridines is 1. The molecule has 1 aromatic rings. The van der Waals surface area contributed by atoms with Crippen LogP contribution in [0.1, 0.15) is 35.7 Å². The molecule has 0 aromatic heterocycles. The van der Waals surface area contributed by atoms with Gasteiger partial charge in [-0.15, -0.1) is 0 Å². The number of carbonyl (C=O) groups excluding carboxylic acids is 1. The van der Waals surface area contributed by atoms with E-state index in [1.807, 2.05) is 23.2 Å². The maximum atomic E-state index is 12.7. The Morgan fingerprint density at radius 3 is 3.05 bits per heavy atom. The predicted molar refractivity (Wildman–Crippen MR) is 81.5 cm³/mol. The summed E-state index contributed by atoms with van der Waals surface area (Å²) in [4.78, 5) is 18.9. The Bertz CT molecular complexity index is 619. The van der Waals surface area contributed by atoms with Crippen molar-refractivity contribution < 1.29 is 4.79 Å². The van der Waals surface area contributed by atoms with Gasteiger partial charge < -0.3 is 4.90 Å². The van der Waals surface area contributed by atoms with E-state index < -0.39 is 0 Å². The monoisotopic (exact) mass is 288 g/mol. The van der Waals surface area contributed by atoms with Gasteiger partial charge in [0, 0.05) is 35.5 Å². The summed E-state index contributed by atoms with van der Waals surface area (Å²) >= 11 is 6.03. The van der Waals surface area contributed by atoms with Crippen LogP contribution in [0.4, 0.5) is 0 Å². The lowest BCUT2D eigenvalue weighted by molar-refractivity contribution is 0.0787. The fourth-order valence-corrected chi connectivity index (χ4v) is 3.05. The van der Waals surface area contributed by atoms with Gasteiger partial charge >= 0.3 is 0 Å². The van der Waals surface area contributed by atoms with Gasteiger partial charge in [0.15, 0.2) is 0 Å². The van der Waals surface area contributed by atoms with E-state index in [0.717, 1.165) is 42.6 Å². The van der Waals surface area contributed by atoms with Crippen LogP contribution in [-0.4, -0.2) is 30.1 Å². The van der Waals surface area contributed by atoms with Gasteiger partial charge in [-0.3, -0.25) is 9.79 Å². The molecule has 0 unspecified atom stereocenters. The van der Waals surface area contributed by atoms with Gasteiger partial charge in [-0.1, -0.05) is 24.6 Å². The number of carbonyl (C=O) groups is 1. The molecule has 3 nitrogen and oxygen atoms in total. The Kier molecular flexibility index (Phi) is 3.62. The molecular weight excluding hydrogens is 272 g/mol. The summed E-state index contributed by atoms with van der Waals surface area (Å²) in [5, 5.41) is 0.616. The molecule has 2 aliphatic heterocycles. The summed E-state index contributed by atoms with van der Waals surface area (Å²) in [5.41, 5.74) is 4.24. The van der Waals surface area contributed by atoms with Crippen LogP contribution in [0, 0.1) is 0 Å². The van der Waals surface area contributed by atoms with E-state index in [-0.39, 0.29) is 5.91 Å². The standard InChI is InChI=1S/C16H17ClN2O/c1-2-11-5-7-18-10-15(11)19-8-6-12-3-4-13(17)9-14(12)16(19)20/h3-4,7,9H,2,5-6,8,10H2,1H3. The number of hydrogen-bond donors (Lipinski definition) is 0. The van der Waals surface area contributed by atoms with Crippen molar-refractivity contribution in [3.05, 3.63) is 45.6 Å². The quantitative estimate of drug-likeness (QED) is 0.820. The van der Waals surface area contributed by atoms with Crippen LogP contribution in [0.3, 0.4) is 0 Å². The smallest absolute Gasteiger partial charge is 0.258 e. The maximum Gasteiger partial charge on any atom is 0.258 e. The summed E-state index contributed by atoms with van der Waals surface area (Å²) in [6.07, 6.45) is 4.65. The van der Waals surface area contributed by atoms with Gasteiger partial charge in [-0.2, -0.15) is 0 Å².